The van der Waals surface area contributed by atoms with Gasteiger partial charge in [-0.25, -0.2) is 0 Å². The van der Waals surface area contributed by atoms with E-state index in [9.17, 15) is 4.79 Å². The second kappa shape index (κ2) is 5.92. The summed E-state index contributed by atoms with van der Waals surface area (Å²) >= 11 is 0. The van der Waals surface area contributed by atoms with Crippen LogP contribution in [0.1, 0.15) is 20.3 Å². The molecule has 0 aromatic carbocycles. The van der Waals surface area contributed by atoms with Gasteiger partial charge in [-0.15, -0.1) is 0 Å². The normalized spacial score (nSPS) is 10.9. The fraction of sp³-hybridized carbons (Fsp3) is 0.625. The molecule has 0 rings (SSSR count). The maximum absolute atomic E-state index is 10.8. The molecule has 0 aliphatic rings. The Hall–Kier alpha value is -0.830. The lowest BCUT2D eigenvalue weighted by Gasteiger charge is -2.03. The van der Waals surface area contributed by atoms with Crippen molar-refractivity contribution in [1.29, 1.82) is 0 Å². The summed E-state index contributed by atoms with van der Waals surface area (Å²) in [6.45, 7) is 3.89. The smallest absolute Gasteiger partial charge is 0.243 e. The molecule has 11 heavy (non-hydrogen) atoms. The van der Waals surface area contributed by atoms with Crippen molar-refractivity contribution in [3.63, 3.8) is 0 Å². The van der Waals surface area contributed by atoms with Gasteiger partial charge in [0.2, 0.25) is 5.91 Å². The molecule has 0 aliphatic carbocycles. The average molecular weight is 157 g/mol. The number of aliphatic hydroxyl groups is 1. The Bertz CT molecular complexity index is 141. The summed E-state index contributed by atoms with van der Waals surface area (Å²) in [4.78, 5) is 10.8. The van der Waals surface area contributed by atoms with Crippen LogP contribution in [0.5, 0.6) is 0 Å². The van der Waals surface area contributed by atoms with Gasteiger partial charge in [0.15, 0.2) is 0 Å². The summed E-state index contributed by atoms with van der Waals surface area (Å²) in [5.74, 6) is -0.103. The van der Waals surface area contributed by atoms with Gasteiger partial charge in [0.1, 0.15) is 0 Å². The summed E-state index contributed by atoms with van der Waals surface area (Å²) < 4.78 is 0. The summed E-state index contributed by atoms with van der Waals surface area (Å²) in [5.41, 5.74) is 0. The number of rotatable bonds is 4. The Balaban J connectivity index is 3.51. The summed E-state index contributed by atoms with van der Waals surface area (Å²) in [6, 6.07) is 0.168. The van der Waals surface area contributed by atoms with Gasteiger partial charge in [0.05, 0.1) is 0 Å². The van der Waals surface area contributed by atoms with Crippen molar-refractivity contribution >= 4 is 5.91 Å². The SMILES string of the molecule is CC(C)NC(=O)/C=C/CCO. The first-order chi connectivity index (χ1) is 5.16. The number of carbonyl (C=O) groups excluding carboxylic acids is 1. The molecule has 3 heteroatoms. The van der Waals surface area contributed by atoms with Crippen molar-refractivity contribution in [3.8, 4) is 0 Å². The van der Waals surface area contributed by atoms with Crippen LogP contribution < -0.4 is 5.32 Å². The highest BCUT2D eigenvalue weighted by Gasteiger charge is 1.95. The average Bonchev–Trinajstić information content (AvgIpc) is 1.86. The number of amides is 1. The fourth-order valence-corrected chi connectivity index (χ4v) is 0.598. The van der Waals surface area contributed by atoms with Crippen molar-refractivity contribution in [3.05, 3.63) is 12.2 Å². The van der Waals surface area contributed by atoms with Gasteiger partial charge in [-0.2, -0.15) is 0 Å². The van der Waals surface area contributed by atoms with E-state index in [1.165, 1.54) is 6.08 Å². The first-order valence-corrected chi connectivity index (χ1v) is 3.74. The molecule has 1 amide bonds. The van der Waals surface area contributed by atoms with Gasteiger partial charge in [-0.3, -0.25) is 4.79 Å². The van der Waals surface area contributed by atoms with E-state index in [1.54, 1.807) is 6.08 Å². The van der Waals surface area contributed by atoms with Gasteiger partial charge in [0.25, 0.3) is 0 Å². The van der Waals surface area contributed by atoms with Crippen LogP contribution in [-0.4, -0.2) is 23.7 Å². The van der Waals surface area contributed by atoms with Crippen LogP contribution in [0.2, 0.25) is 0 Å². The van der Waals surface area contributed by atoms with Crippen LogP contribution >= 0.6 is 0 Å². The quantitative estimate of drug-likeness (QED) is 0.582. The molecule has 0 aromatic rings. The van der Waals surface area contributed by atoms with Crippen LogP contribution in [0.15, 0.2) is 12.2 Å². The minimum absolute atomic E-state index is 0.0887. The van der Waals surface area contributed by atoms with Crippen molar-refractivity contribution < 1.29 is 9.90 Å². The molecule has 0 unspecified atom stereocenters. The molecule has 0 spiro atoms. The molecule has 2 N–H and O–H groups in total. The molecule has 0 atom stereocenters. The van der Waals surface area contributed by atoms with Gasteiger partial charge >= 0.3 is 0 Å². The van der Waals surface area contributed by atoms with E-state index in [4.69, 9.17) is 5.11 Å². The number of hydrogen-bond donors (Lipinski definition) is 2. The second-order valence-corrected chi connectivity index (χ2v) is 2.58. The second-order valence-electron chi connectivity index (χ2n) is 2.58. The zero-order chi connectivity index (χ0) is 8.69. The predicted molar refractivity (Wildman–Crippen MR) is 44.1 cm³/mol. The minimum Gasteiger partial charge on any atom is -0.396 e. The number of aliphatic hydroxyl groups excluding tert-OH is 1. The number of nitrogens with one attached hydrogen (secondary N) is 1. The molecule has 0 fully saturated rings. The van der Waals surface area contributed by atoms with Crippen molar-refractivity contribution in [2.24, 2.45) is 0 Å². The fourth-order valence-electron chi connectivity index (χ4n) is 0.598. The van der Waals surface area contributed by atoms with Crippen LogP contribution in [0.4, 0.5) is 0 Å². The van der Waals surface area contributed by atoms with Crippen LogP contribution in [0, 0.1) is 0 Å². The van der Waals surface area contributed by atoms with Gasteiger partial charge in [-0.05, 0) is 26.3 Å². The Labute approximate surface area is 67.1 Å². The van der Waals surface area contributed by atoms with E-state index in [0.29, 0.717) is 6.42 Å². The predicted octanol–water partition coefficient (Wildman–Crippen LogP) is 0.450. The topological polar surface area (TPSA) is 49.3 Å². The lowest BCUT2D eigenvalue weighted by Crippen LogP contribution is -2.28. The lowest BCUT2D eigenvalue weighted by atomic mass is 10.3. The van der Waals surface area contributed by atoms with Gasteiger partial charge in [-0.1, -0.05) is 6.08 Å². The Morgan fingerprint density at radius 2 is 2.27 bits per heavy atom. The molecule has 0 radical (unpaired) electrons. The van der Waals surface area contributed by atoms with E-state index < -0.39 is 0 Å². The van der Waals surface area contributed by atoms with E-state index in [1.807, 2.05) is 13.8 Å². The monoisotopic (exact) mass is 157 g/mol. The number of carbonyl (C=O) groups is 1. The molecule has 0 bridgehead atoms. The highest BCUT2D eigenvalue weighted by Crippen LogP contribution is 1.82. The standard InChI is InChI=1S/C8H15NO2/c1-7(2)9-8(11)5-3-4-6-10/h3,5,7,10H,4,6H2,1-2H3,(H,9,11)/b5-3+. The molecular weight excluding hydrogens is 142 g/mol. The first kappa shape index (κ1) is 10.2. The minimum atomic E-state index is -0.103. The summed E-state index contributed by atoms with van der Waals surface area (Å²) in [6.07, 6.45) is 3.62. The zero-order valence-corrected chi connectivity index (χ0v) is 7.00. The van der Waals surface area contributed by atoms with Crippen LogP contribution in [0.25, 0.3) is 0 Å². The third kappa shape index (κ3) is 7.06. The summed E-state index contributed by atoms with van der Waals surface area (Å²) in [5, 5.41) is 11.1. The zero-order valence-electron chi connectivity index (χ0n) is 7.00. The molecule has 0 aromatic heterocycles. The van der Waals surface area contributed by atoms with Gasteiger partial charge in [0, 0.05) is 12.6 Å². The van der Waals surface area contributed by atoms with Crippen LogP contribution in [-0.2, 0) is 4.79 Å². The molecule has 3 nitrogen and oxygen atoms in total. The van der Waals surface area contributed by atoms with Crippen molar-refractivity contribution in [2.75, 3.05) is 6.61 Å². The Morgan fingerprint density at radius 1 is 1.64 bits per heavy atom. The molecule has 64 valence electrons. The first-order valence-electron chi connectivity index (χ1n) is 3.74. The van der Waals surface area contributed by atoms with Crippen molar-refractivity contribution in [2.45, 2.75) is 26.3 Å². The molecule has 0 aliphatic heterocycles. The number of hydrogen-bond acceptors (Lipinski definition) is 2. The van der Waals surface area contributed by atoms with Gasteiger partial charge < -0.3 is 10.4 Å². The van der Waals surface area contributed by atoms with E-state index in [0.717, 1.165) is 0 Å². The Morgan fingerprint density at radius 3 is 2.73 bits per heavy atom. The van der Waals surface area contributed by atoms with E-state index >= 15 is 0 Å². The molecule has 0 saturated heterocycles. The van der Waals surface area contributed by atoms with E-state index in [-0.39, 0.29) is 18.6 Å². The molecule has 0 heterocycles. The maximum Gasteiger partial charge on any atom is 0.243 e. The largest absolute Gasteiger partial charge is 0.396 e. The Kier molecular flexibility index (Phi) is 5.47. The highest BCUT2D eigenvalue weighted by molar-refractivity contribution is 5.87. The third-order valence-corrected chi connectivity index (χ3v) is 0.996. The van der Waals surface area contributed by atoms with Crippen LogP contribution in [0.3, 0.4) is 0 Å². The van der Waals surface area contributed by atoms with E-state index in [2.05, 4.69) is 5.32 Å². The summed E-state index contributed by atoms with van der Waals surface area (Å²) in [7, 11) is 0. The highest BCUT2D eigenvalue weighted by atomic mass is 16.2. The maximum atomic E-state index is 10.8. The lowest BCUT2D eigenvalue weighted by molar-refractivity contribution is -0.116. The van der Waals surface area contributed by atoms with Crippen molar-refractivity contribution in [1.82, 2.24) is 5.32 Å². The third-order valence-electron chi connectivity index (χ3n) is 0.996. The molecular formula is C8H15NO2. The molecule has 0 saturated carbocycles.